The maximum Gasteiger partial charge on any atom is 0.237 e. The highest BCUT2D eigenvalue weighted by Gasteiger charge is 2.24. The average molecular weight is 331 g/mol. The van der Waals surface area contributed by atoms with Crippen LogP contribution in [0, 0.1) is 0 Å². The summed E-state index contributed by atoms with van der Waals surface area (Å²) in [5.41, 5.74) is 6.06. The number of likely N-dealkylation sites (N-methyl/N-ethyl adjacent to an activating group) is 1. The predicted molar refractivity (Wildman–Crippen MR) is 93.3 cm³/mol. The number of amides is 2. The molecule has 0 aliphatic heterocycles. The molecule has 1 unspecified atom stereocenters. The number of rotatable bonds is 7. The number of carbonyl (C=O) groups excluding carboxylic acids is 2. The van der Waals surface area contributed by atoms with Crippen molar-refractivity contribution < 1.29 is 14.0 Å². The van der Waals surface area contributed by atoms with Crippen molar-refractivity contribution in [2.24, 2.45) is 5.73 Å². The van der Waals surface area contributed by atoms with Crippen molar-refractivity contribution in [2.75, 3.05) is 20.1 Å². The highest BCUT2D eigenvalue weighted by molar-refractivity contribution is 5.81. The van der Waals surface area contributed by atoms with Gasteiger partial charge in [0.05, 0.1) is 19.1 Å². The SMILES string of the molecule is CC(C)N(CC(N)=O)CC(=O)N(C)C(C)c1cc2ccccc2o1. The van der Waals surface area contributed by atoms with Gasteiger partial charge in [-0.2, -0.15) is 0 Å². The normalized spacial score (nSPS) is 12.8. The number of carbonyl (C=O) groups is 2. The molecule has 0 aliphatic carbocycles. The maximum atomic E-state index is 12.6. The molecule has 2 rings (SSSR count). The lowest BCUT2D eigenvalue weighted by molar-refractivity contribution is -0.134. The van der Waals surface area contributed by atoms with Gasteiger partial charge in [0.15, 0.2) is 0 Å². The molecule has 1 atom stereocenters. The van der Waals surface area contributed by atoms with Gasteiger partial charge in [-0.3, -0.25) is 14.5 Å². The topological polar surface area (TPSA) is 79.8 Å². The molecule has 0 bridgehead atoms. The number of primary amides is 1. The minimum absolute atomic E-state index is 0.0522. The lowest BCUT2D eigenvalue weighted by Crippen LogP contribution is -2.45. The summed E-state index contributed by atoms with van der Waals surface area (Å²) in [4.78, 5) is 27.1. The summed E-state index contributed by atoms with van der Waals surface area (Å²) in [6.07, 6.45) is 0. The maximum absolute atomic E-state index is 12.6. The van der Waals surface area contributed by atoms with E-state index in [-0.39, 0.29) is 31.1 Å². The molecule has 24 heavy (non-hydrogen) atoms. The van der Waals surface area contributed by atoms with E-state index in [0.717, 1.165) is 16.7 Å². The Labute approximate surface area is 142 Å². The molecule has 0 saturated heterocycles. The number of hydrogen-bond acceptors (Lipinski definition) is 4. The molecule has 0 radical (unpaired) electrons. The smallest absolute Gasteiger partial charge is 0.237 e. The van der Waals surface area contributed by atoms with E-state index in [1.165, 1.54) is 0 Å². The summed E-state index contributed by atoms with van der Waals surface area (Å²) >= 11 is 0. The van der Waals surface area contributed by atoms with Crippen molar-refractivity contribution in [3.63, 3.8) is 0 Å². The van der Waals surface area contributed by atoms with Crippen molar-refractivity contribution in [1.29, 1.82) is 0 Å². The summed E-state index contributed by atoms with van der Waals surface area (Å²) < 4.78 is 5.84. The van der Waals surface area contributed by atoms with Gasteiger partial charge in [-0.05, 0) is 32.9 Å². The van der Waals surface area contributed by atoms with Gasteiger partial charge in [-0.15, -0.1) is 0 Å². The Morgan fingerprint density at radius 2 is 1.83 bits per heavy atom. The van der Waals surface area contributed by atoms with Crippen LogP contribution in [0.1, 0.15) is 32.6 Å². The average Bonchev–Trinajstić information content (AvgIpc) is 2.96. The number of para-hydroxylation sites is 1. The molecule has 0 spiro atoms. The third-order valence-corrected chi connectivity index (χ3v) is 4.26. The molecular formula is C18H25N3O3. The number of hydrogen-bond donors (Lipinski definition) is 1. The van der Waals surface area contributed by atoms with Crippen LogP contribution in [0.15, 0.2) is 34.7 Å². The van der Waals surface area contributed by atoms with Crippen molar-refractivity contribution in [1.82, 2.24) is 9.80 Å². The van der Waals surface area contributed by atoms with E-state index in [1.54, 1.807) is 16.8 Å². The van der Waals surface area contributed by atoms with Crippen LogP contribution in [0.2, 0.25) is 0 Å². The van der Waals surface area contributed by atoms with Crippen LogP contribution < -0.4 is 5.73 Å². The van der Waals surface area contributed by atoms with Crippen LogP contribution in [0.5, 0.6) is 0 Å². The number of nitrogens with two attached hydrogens (primary N) is 1. The van der Waals surface area contributed by atoms with Gasteiger partial charge >= 0.3 is 0 Å². The Morgan fingerprint density at radius 3 is 2.42 bits per heavy atom. The van der Waals surface area contributed by atoms with Crippen LogP contribution in [-0.2, 0) is 9.59 Å². The van der Waals surface area contributed by atoms with E-state index >= 15 is 0 Å². The van der Waals surface area contributed by atoms with E-state index in [0.29, 0.717) is 0 Å². The fourth-order valence-corrected chi connectivity index (χ4v) is 2.52. The Hall–Kier alpha value is -2.34. The Kier molecular flexibility index (Phi) is 5.62. The minimum Gasteiger partial charge on any atom is -0.459 e. The van der Waals surface area contributed by atoms with Gasteiger partial charge in [0.25, 0.3) is 0 Å². The molecule has 0 fully saturated rings. The van der Waals surface area contributed by atoms with Gasteiger partial charge < -0.3 is 15.1 Å². The second-order valence-corrected chi connectivity index (χ2v) is 6.33. The zero-order valence-corrected chi connectivity index (χ0v) is 14.7. The molecule has 6 nitrogen and oxygen atoms in total. The van der Waals surface area contributed by atoms with Crippen LogP contribution in [0.3, 0.4) is 0 Å². The van der Waals surface area contributed by atoms with Crippen molar-refractivity contribution in [2.45, 2.75) is 32.9 Å². The van der Waals surface area contributed by atoms with Gasteiger partial charge in [0.1, 0.15) is 11.3 Å². The van der Waals surface area contributed by atoms with Gasteiger partial charge in [0, 0.05) is 18.5 Å². The van der Waals surface area contributed by atoms with Gasteiger partial charge in [0.2, 0.25) is 11.8 Å². The Morgan fingerprint density at radius 1 is 1.17 bits per heavy atom. The van der Waals surface area contributed by atoms with Crippen LogP contribution in [0.4, 0.5) is 0 Å². The van der Waals surface area contributed by atoms with Gasteiger partial charge in [-0.25, -0.2) is 0 Å². The summed E-state index contributed by atoms with van der Waals surface area (Å²) in [6, 6.07) is 9.55. The molecular weight excluding hydrogens is 306 g/mol. The van der Waals surface area contributed by atoms with E-state index in [2.05, 4.69) is 0 Å². The molecule has 2 aromatic rings. The largest absolute Gasteiger partial charge is 0.459 e. The van der Waals surface area contributed by atoms with Crippen LogP contribution in [0.25, 0.3) is 11.0 Å². The fourth-order valence-electron chi connectivity index (χ4n) is 2.52. The van der Waals surface area contributed by atoms with Crippen molar-refractivity contribution in [3.05, 3.63) is 36.1 Å². The van der Waals surface area contributed by atoms with E-state index in [4.69, 9.17) is 10.2 Å². The highest BCUT2D eigenvalue weighted by Crippen LogP contribution is 2.26. The highest BCUT2D eigenvalue weighted by atomic mass is 16.3. The summed E-state index contributed by atoms with van der Waals surface area (Å²) in [7, 11) is 1.74. The quantitative estimate of drug-likeness (QED) is 0.843. The number of furan rings is 1. The molecule has 1 aromatic heterocycles. The van der Waals surface area contributed by atoms with Crippen LogP contribution in [-0.4, -0.2) is 47.8 Å². The van der Waals surface area contributed by atoms with Crippen molar-refractivity contribution in [3.8, 4) is 0 Å². The van der Waals surface area contributed by atoms with Crippen LogP contribution >= 0.6 is 0 Å². The second-order valence-electron chi connectivity index (χ2n) is 6.33. The van der Waals surface area contributed by atoms with Crippen molar-refractivity contribution >= 4 is 22.8 Å². The van der Waals surface area contributed by atoms with E-state index < -0.39 is 5.91 Å². The van der Waals surface area contributed by atoms with E-state index in [1.807, 2.05) is 51.1 Å². The molecule has 2 amide bonds. The number of fused-ring (bicyclic) bond motifs is 1. The zero-order chi connectivity index (χ0) is 17.9. The third kappa shape index (κ3) is 4.14. The molecule has 6 heteroatoms. The molecule has 130 valence electrons. The first-order valence-corrected chi connectivity index (χ1v) is 8.06. The van der Waals surface area contributed by atoms with E-state index in [9.17, 15) is 9.59 Å². The minimum atomic E-state index is -0.440. The summed E-state index contributed by atoms with van der Waals surface area (Å²) in [5.74, 6) is 0.209. The van der Waals surface area contributed by atoms with Gasteiger partial charge in [-0.1, -0.05) is 18.2 Å². The summed E-state index contributed by atoms with van der Waals surface area (Å²) in [5, 5.41) is 1.01. The first-order chi connectivity index (χ1) is 11.3. The number of nitrogens with zero attached hydrogens (tertiary/aromatic N) is 2. The molecule has 2 N–H and O–H groups in total. The first kappa shape index (κ1) is 18.0. The first-order valence-electron chi connectivity index (χ1n) is 8.06. The zero-order valence-electron chi connectivity index (χ0n) is 14.7. The number of benzene rings is 1. The monoisotopic (exact) mass is 331 g/mol. The molecule has 0 aliphatic rings. The predicted octanol–water partition coefficient (Wildman–Crippen LogP) is 2.15. The lowest BCUT2D eigenvalue weighted by Gasteiger charge is -2.29. The second kappa shape index (κ2) is 7.49. The standard InChI is InChI=1S/C18H25N3O3/c1-12(2)21(10-17(19)22)11-18(23)20(4)13(3)16-9-14-7-5-6-8-15(14)24-16/h5-9,12-13H,10-11H2,1-4H3,(H2,19,22). The summed E-state index contributed by atoms with van der Waals surface area (Å²) in [6.45, 7) is 5.99. The Bertz CT molecular complexity index is 690. The third-order valence-electron chi connectivity index (χ3n) is 4.26. The molecule has 1 heterocycles. The fraction of sp³-hybridized carbons (Fsp3) is 0.444. The molecule has 0 saturated carbocycles. The molecule has 1 aromatic carbocycles. The lowest BCUT2D eigenvalue weighted by atomic mass is 10.2. The Balaban J connectivity index is 2.09.